The Morgan fingerprint density at radius 1 is 1.26 bits per heavy atom. The topological polar surface area (TPSA) is 75.4 Å². The zero-order valence-electron chi connectivity index (χ0n) is 16.2. The van der Waals surface area contributed by atoms with Crippen LogP contribution in [-0.2, 0) is 22.6 Å². The van der Waals surface area contributed by atoms with Gasteiger partial charge in [-0.3, -0.25) is 9.59 Å². The van der Waals surface area contributed by atoms with E-state index in [0.29, 0.717) is 38.1 Å². The lowest BCUT2D eigenvalue weighted by Gasteiger charge is -2.24. The number of hydrogen-bond donors (Lipinski definition) is 1. The number of aryl methyl sites for hydroxylation is 4. The van der Waals surface area contributed by atoms with Crippen molar-refractivity contribution in [3.05, 3.63) is 52.4 Å². The van der Waals surface area contributed by atoms with E-state index in [1.165, 1.54) is 5.56 Å². The number of carbonyl (C=O) groups is 2. The highest BCUT2D eigenvalue weighted by Crippen LogP contribution is 2.20. The molecule has 1 fully saturated rings. The molecular formula is C21H27N3O3. The van der Waals surface area contributed by atoms with Crippen molar-refractivity contribution in [3.8, 4) is 0 Å². The van der Waals surface area contributed by atoms with Gasteiger partial charge >= 0.3 is 0 Å². The molecule has 1 aromatic carbocycles. The summed E-state index contributed by atoms with van der Waals surface area (Å²) in [7, 11) is 0. The number of nitrogens with zero attached hydrogens (tertiary/aromatic N) is 2. The van der Waals surface area contributed by atoms with Crippen molar-refractivity contribution in [2.24, 2.45) is 0 Å². The van der Waals surface area contributed by atoms with Crippen LogP contribution in [-0.4, -0.2) is 34.5 Å². The van der Waals surface area contributed by atoms with Crippen molar-refractivity contribution >= 4 is 11.8 Å². The number of rotatable bonds is 6. The van der Waals surface area contributed by atoms with Gasteiger partial charge in [0, 0.05) is 32.0 Å². The summed E-state index contributed by atoms with van der Waals surface area (Å²) < 4.78 is 5.16. The van der Waals surface area contributed by atoms with E-state index in [1.54, 1.807) is 4.90 Å². The Bertz CT molecular complexity index is 828. The zero-order valence-corrected chi connectivity index (χ0v) is 16.2. The maximum Gasteiger partial charge on any atom is 0.243 e. The van der Waals surface area contributed by atoms with Crippen LogP contribution in [0.2, 0.25) is 0 Å². The summed E-state index contributed by atoms with van der Waals surface area (Å²) >= 11 is 0. The van der Waals surface area contributed by atoms with Crippen LogP contribution in [0.4, 0.5) is 0 Å². The van der Waals surface area contributed by atoms with Gasteiger partial charge in [-0.05, 0) is 44.7 Å². The molecule has 1 aliphatic heterocycles. The predicted octanol–water partition coefficient (Wildman–Crippen LogP) is 2.84. The number of hydrogen-bond acceptors (Lipinski definition) is 4. The molecule has 0 radical (unpaired) electrons. The number of amides is 2. The summed E-state index contributed by atoms with van der Waals surface area (Å²) in [6.07, 6.45) is 2.41. The largest absolute Gasteiger partial charge is 0.361 e. The van der Waals surface area contributed by atoms with Crippen LogP contribution in [0.3, 0.4) is 0 Å². The van der Waals surface area contributed by atoms with E-state index in [2.05, 4.69) is 23.5 Å². The molecule has 1 atom stereocenters. The normalized spacial score (nSPS) is 16.6. The number of benzene rings is 1. The third kappa shape index (κ3) is 4.76. The number of nitrogens with one attached hydrogen (secondary N) is 1. The molecule has 0 spiro atoms. The molecule has 6 nitrogen and oxygen atoms in total. The molecule has 1 aliphatic rings. The minimum Gasteiger partial charge on any atom is -0.361 e. The van der Waals surface area contributed by atoms with Crippen LogP contribution in [0, 0.1) is 20.8 Å². The molecule has 1 saturated heterocycles. The number of carbonyl (C=O) groups excluding carboxylic acids is 2. The van der Waals surface area contributed by atoms with Crippen LogP contribution >= 0.6 is 0 Å². The first kappa shape index (κ1) is 19.1. The average molecular weight is 369 g/mol. The monoisotopic (exact) mass is 369 g/mol. The van der Waals surface area contributed by atoms with Crippen molar-refractivity contribution in [2.45, 2.75) is 59.0 Å². The van der Waals surface area contributed by atoms with Gasteiger partial charge < -0.3 is 14.7 Å². The second-order valence-corrected chi connectivity index (χ2v) is 7.33. The molecule has 2 aromatic rings. The quantitative estimate of drug-likeness (QED) is 0.850. The molecule has 1 N–H and O–H groups in total. The van der Waals surface area contributed by atoms with Crippen molar-refractivity contribution in [1.29, 1.82) is 0 Å². The third-order valence-electron chi connectivity index (χ3n) is 5.09. The summed E-state index contributed by atoms with van der Waals surface area (Å²) in [5.41, 5.74) is 4.28. The fourth-order valence-corrected chi connectivity index (χ4v) is 3.59. The Morgan fingerprint density at radius 2 is 2.07 bits per heavy atom. The molecule has 27 heavy (non-hydrogen) atoms. The van der Waals surface area contributed by atoms with Crippen molar-refractivity contribution in [2.75, 3.05) is 6.54 Å². The second-order valence-electron chi connectivity index (χ2n) is 7.33. The van der Waals surface area contributed by atoms with Gasteiger partial charge in [0.05, 0.1) is 5.69 Å². The van der Waals surface area contributed by atoms with Crippen molar-refractivity contribution in [3.63, 3.8) is 0 Å². The molecule has 1 unspecified atom stereocenters. The molecule has 3 rings (SSSR count). The van der Waals surface area contributed by atoms with E-state index < -0.39 is 0 Å². The minimum absolute atomic E-state index is 0.00628. The Morgan fingerprint density at radius 3 is 2.78 bits per heavy atom. The Hall–Kier alpha value is -2.63. The fourth-order valence-electron chi connectivity index (χ4n) is 3.59. The van der Waals surface area contributed by atoms with Gasteiger partial charge in [0.2, 0.25) is 11.8 Å². The standard InChI is InChI=1S/C21H27N3O3/c1-14-6-7-17(15(2)11-14)13-22-21(26)19-5-4-10-24(19)20(25)9-8-18-12-16(3)23-27-18/h6-7,11-12,19H,4-5,8-10,13H2,1-3H3,(H,22,26). The smallest absolute Gasteiger partial charge is 0.243 e. The van der Waals surface area contributed by atoms with E-state index in [1.807, 2.05) is 32.0 Å². The maximum absolute atomic E-state index is 12.7. The van der Waals surface area contributed by atoms with E-state index in [-0.39, 0.29) is 17.9 Å². The summed E-state index contributed by atoms with van der Waals surface area (Å²) in [5.74, 6) is 0.625. The average Bonchev–Trinajstić information content (AvgIpc) is 3.27. The summed E-state index contributed by atoms with van der Waals surface area (Å²) in [4.78, 5) is 27.0. The van der Waals surface area contributed by atoms with Gasteiger partial charge in [-0.2, -0.15) is 0 Å². The second kappa shape index (κ2) is 8.37. The van der Waals surface area contributed by atoms with Gasteiger partial charge in [0.15, 0.2) is 0 Å². The molecule has 2 heterocycles. The van der Waals surface area contributed by atoms with Crippen molar-refractivity contribution < 1.29 is 14.1 Å². The summed E-state index contributed by atoms with van der Waals surface area (Å²) in [5, 5.41) is 6.84. The van der Waals surface area contributed by atoms with Crippen LogP contribution in [0.15, 0.2) is 28.8 Å². The molecule has 144 valence electrons. The molecule has 0 aliphatic carbocycles. The lowest BCUT2D eigenvalue weighted by molar-refractivity contribution is -0.138. The summed E-state index contributed by atoms with van der Waals surface area (Å²) in [6, 6.07) is 7.66. The first-order valence-corrected chi connectivity index (χ1v) is 9.49. The molecule has 2 amide bonds. The van der Waals surface area contributed by atoms with Gasteiger partial charge in [0.1, 0.15) is 11.8 Å². The SMILES string of the molecule is Cc1ccc(CNC(=O)C2CCCN2C(=O)CCc2cc(C)no2)c(C)c1. The third-order valence-corrected chi connectivity index (χ3v) is 5.09. The van der Waals surface area contributed by atoms with Crippen LogP contribution in [0.25, 0.3) is 0 Å². The molecule has 1 aromatic heterocycles. The lowest BCUT2D eigenvalue weighted by atomic mass is 10.1. The van der Waals surface area contributed by atoms with Gasteiger partial charge in [0.25, 0.3) is 0 Å². The van der Waals surface area contributed by atoms with Crippen molar-refractivity contribution in [1.82, 2.24) is 15.4 Å². The minimum atomic E-state index is -0.375. The number of aromatic nitrogens is 1. The van der Waals surface area contributed by atoms with Gasteiger partial charge in [-0.15, -0.1) is 0 Å². The fraction of sp³-hybridized carbons (Fsp3) is 0.476. The lowest BCUT2D eigenvalue weighted by Crippen LogP contribution is -2.45. The van der Waals surface area contributed by atoms with E-state index >= 15 is 0 Å². The van der Waals surface area contributed by atoms with E-state index in [9.17, 15) is 9.59 Å². The Labute approximate surface area is 159 Å². The Kier molecular flexibility index (Phi) is 5.94. The van der Waals surface area contributed by atoms with Crippen LogP contribution < -0.4 is 5.32 Å². The highest BCUT2D eigenvalue weighted by atomic mass is 16.5. The van der Waals surface area contributed by atoms with E-state index in [4.69, 9.17) is 4.52 Å². The molecule has 0 bridgehead atoms. The zero-order chi connectivity index (χ0) is 19.4. The van der Waals surface area contributed by atoms with Gasteiger partial charge in [-0.25, -0.2) is 0 Å². The Balaban J connectivity index is 1.54. The first-order chi connectivity index (χ1) is 12.9. The first-order valence-electron chi connectivity index (χ1n) is 9.49. The maximum atomic E-state index is 12.7. The highest BCUT2D eigenvalue weighted by Gasteiger charge is 2.33. The predicted molar refractivity (Wildman–Crippen MR) is 102 cm³/mol. The number of likely N-dealkylation sites (tertiary alicyclic amines) is 1. The highest BCUT2D eigenvalue weighted by molar-refractivity contribution is 5.88. The molecular weight excluding hydrogens is 342 g/mol. The van der Waals surface area contributed by atoms with Crippen LogP contribution in [0.5, 0.6) is 0 Å². The molecule has 0 saturated carbocycles. The summed E-state index contributed by atoms with van der Waals surface area (Å²) in [6.45, 7) is 7.07. The van der Waals surface area contributed by atoms with E-state index in [0.717, 1.165) is 23.2 Å². The van der Waals surface area contributed by atoms with Gasteiger partial charge in [-0.1, -0.05) is 28.9 Å². The van der Waals surface area contributed by atoms with Crippen LogP contribution in [0.1, 0.15) is 47.4 Å². The molecule has 6 heteroatoms.